The van der Waals surface area contributed by atoms with Gasteiger partial charge in [-0.15, -0.1) is 0 Å². The fourth-order valence-corrected chi connectivity index (χ4v) is 1.12. The number of hydrogen-bond acceptors (Lipinski definition) is 4. The van der Waals surface area contributed by atoms with Crippen molar-refractivity contribution in [2.75, 3.05) is 16.8 Å². The first-order valence-electron chi connectivity index (χ1n) is 4.17. The summed E-state index contributed by atoms with van der Waals surface area (Å²) in [5.41, 5.74) is 12.4. The van der Waals surface area contributed by atoms with Crippen molar-refractivity contribution in [2.45, 2.75) is 0 Å². The van der Waals surface area contributed by atoms with E-state index in [9.17, 15) is 0 Å². The Morgan fingerprint density at radius 1 is 1.36 bits per heavy atom. The molecule has 0 amide bonds. The largest absolute Gasteiger partial charge is 0.396 e. The number of aromatic amines is 1. The fourth-order valence-electron chi connectivity index (χ4n) is 1.12. The lowest BCUT2D eigenvalue weighted by molar-refractivity contribution is 1.31. The first kappa shape index (κ1) is 8.43. The Morgan fingerprint density at radius 3 is 2.86 bits per heavy atom. The van der Waals surface area contributed by atoms with Gasteiger partial charge in [0, 0.05) is 6.20 Å². The number of nitrogens with two attached hydrogens (primary N) is 2. The summed E-state index contributed by atoms with van der Waals surface area (Å²) >= 11 is 0. The summed E-state index contributed by atoms with van der Waals surface area (Å²) in [6.45, 7) is 0. The number of aromatic nitrogens is 2. The Morgan fingerprint density at radius 2 is 2.21 bits per heavy atom. The topological polar surface area (TPSA) is 92.7 Å². The van der Waals surface area contributed by atoms with E-state index in [1.807, 2.05) is 18.3 Å². The third-order valence-electron chi connectivity index (χ3n) is 1.83. The number of nitrogen functional groups attached to an aromatic ring is 2. The molecule has 0 aliphatic rings. The molecule has 2 heterocycles. The van der Waals surface area contributed by atoms with Crippen molar-refractivity contribution in [2.24, 2.45) is 0 Å². The molecule has 0 radical (unpaired) electrons. The zero-order valence-electron chi connectivity index (χ0n) is 7.49. The van der Waals surface area contributed by atoms with Gasteiger partial charge in [-0.25, -0.2) is 4.98 Å². The summed E-state index contributed by atoms with van der Waals surface area (Å²) in [4.78, 5) is 6.94. The molecule has 14 heavy (non-hydrogen) atoms. The van der Waals surface area contributed by atoms with Crippen LogP contribution in [0.4, 0.5) is 23.0 Å². The summed E-state index contributed by atoms with van der Waals surface area (Å²) in [7, 11) is 0. The van der Waals surface area contributed by atoms with Gasteiger partial charge < -0.3 is 21.8 Å². The van der Waals surface area contributed by atoms with Crippen LogP contribution in [0.2, 0.25) is 0 Å². The Kier molecular flexibility index (Phi) is 1.98. The van der Waals surface area contributed by atoms with Crippen LogP contribution in [-0.4, -0.2) is 9.97 Å². The number of nitrogens with zero attached hydrogens (tertiary/aromatic N) is 1. The molecular formula is C9H11N5. The molecule has 72 valence electrons. The van der Waals surface area contributed by atoms with Crippen molar-refractivity contribution < 1.29 is 0 Å². The van der Waals surface area contributed by atoms with Gasteiger partial charge in [0.1, 0.15) is 11.6 Å². The monoisotopic (exact) mass is 189 g/mol. The van der Waals surface area contributed by atoms with E-state index in [0.717, 1.165) is 11.5 Å². The Balaban J connectivity index is 2.22. The zero-order chi connectivity index (χ0) is 9.97. The first-order valence-corrected chi connectivity index (χ1v) is 4.17. The van der Waals surface area contributed by atoms with Crippen molar-refractivity contribution in [3.8, 4) is 0 Å². The molecule has 0 atom stereocenters. The van der Waals surface area contributed by atoms with Gasteiger partial charge in [-0.3, -0.25) is 0 Å². The Labute approximate surface area is 81.1 Å². The average Bonchev–Trinajstić information content (AvgIpc) is 2.64. The van der Waals surface area contributed by atoms with Gasteiger partial charge >= 0.3 is 0 Å². The molecule has 0 aromatic carbocycles. The van der Waals surface area contributed by atoms with E-state index in [4.69, 9.17) is 11.5 Å². The third-order valence-corrected chi connectivity index (χ3v) is 1.83. The second-order valence-corrected chi connectivity index (χ2v) is 2.91. The van der Waals surface area contributed by atoms with Crippen LogP contribution in [0.1, 0.15) is 0 Å². The van der Waals surface area contributed by atoms with Crippen molar-refractivity contribution in [3.63, 3.8) is 0 Å². The lowest BCUT2D eigenvalue weighted by atomic mass is 10.3. The highest BCUT2D eigenvalue weighted by molar-refractivity contribution is 5.67. The third kappa shape index (κ3) is 1.61. The molecule has 2 rings (SSSR count). The highest BCUT2D eigenvalue weighted by Gasteiger charge is 1.99. The van der Waals surface area contributed by atoms with Crippen molar-refractivity contribution >= 4 is 23.0 Å². The predicted molar refractivity (Wildman–Crippen MR) is 57.1 cm³/mol. The fraction of sp³-hybridized carbons (Fsp3) is 0. The van der Waals surface area contributed by atoms with Gasteiger partial charge in [0.25, 0.3) is 0 Å². The molecule has 0 unspecified atom stereocenters. The van der Waals surface area contributed by atoms with Gasteiger partial charge in [-0.05, 0) is 18.2 Å². The standard InChI is InChI=1S/C9H11N5/c10-7-4-6(5-13-9(7)11)14-8-2-1-3-12-8/h1-5,12,14H,10H2,(H2,11,13). The molecule has 2 aromatic heterocycles. The summed E-state index contributed by atoms with van der Waals surface area (Å²) < 4.78 is 0. The maximum atomic E-state index is 5.61. The second kappa shape index (κ2) is 3.29. The summed E-state index contributed by atoms with van der Waals surface area (Å²) in [5, 5.41) is 3.10. The molecule has 6 N–H and O–H groups in total. The normalized spacial score (nSPS) is 10.0. The van der Waals surface area contributed by atoms with E-state index in [1.165, 1.54) is 0 Å². The minimum Gasteiger partial charge on any atom is -0.396 e. The van der Waals surface area contributed by atoms with E-state index in [1.54, 1.807) is 12.3 Å². The zero-order valence-corrected chi connectivity index (χ0v) is 7.49. The molecule has 0 aliphatic heterocycles. The molecular weight excluding hydrogens is 178 g/mol. The lowest BCUT2D eigenvalue weighted by Gasteiger charge is -2.05. The SMILES string of the molecule is Nc1cc(Nc2ccc[nH]2)cnc1N. The van der Waals surface area contributed by atoms with Crippen LogP contribution in [-0.2, 0) is 0 Å². The molecule has 0 saturated carbocycles. The van der Waals surface area contributed by atoms with E-state index in [2.05, 4.69) is 15.3 Å². The smallest absolute Gasteiger partial charge is 0.146 e. The van der Waals surface area contributed by atoms with E-state index in [-0.39, 0.29) is 0 Å². The van der Waals surface area contributed by atoms with Gasteiger partial charge in [0.05, 0.1) is 17.6 Å². The molecule has 2 aromatic rings. The molecule has 0 bridgehead atoms. The van der Waals surface area contributed by atoms with Crippen LogP contribution in [0.5, 0.6) is 0 Å². The minimum absolute atomic E-state index is 0.349. The highest BCUT2D eigenvalue weighted by atomic mass is 15.0. The Bertz CT molecular complexity index is 421. The maximum Gasteiger partial charge on any atom is 0.146 e. The molecule has 0 spiro atoms. The minimum atomic E-state index is 0.349. The van der Waals surface area contributed by atoms with E-state index < -0.39 is 0 Å². The summed E-state index contributed by atoms with van der Waals surface area (Å²) in [6, 6.07) is 5.55. The van der Waals surface area contributed by atoms with Crippen LogP contribution in [0.3, 0.4) is 0 Å². The van der Waals surface area contributed by atoms with Gasteiger partial charge in [0.15, 0.2) is 0 Å². The highest BCUT2D eigenvalue weighted by Crippen LogP contribution is 2.19. The number of rotatable bonds is 2. The molecule has 0 saturated heterocycles. The van der Waals surface area contributed by atoms with E-state index >= 15 is 0 Å². The van der Waals surface area contributed by atoms with E-state index in [0.29, 0.717) is 11.5 Å². The maximum absolute atomic E-state index is 5.61. The Hall–Kier alpha value is -2.17. The number of nitrogens with one attached hydrogen (secondary N) is 2. The van der Waals surface area contributed by atoms with Crippen LogP contribution in [0.25, 0.3) is 0 Å². The lowest BCUT2D eigenvalue weighted by Crippen LogP contribution is -1.99. The van der Waals surface area contributed by atoms with Crippen LogP contribution >= 0.6 is 0 Å². The second-order valence-electron chi connectivity index (χ2n) is 2.91. The molecule has 0 aliphatic carbocycles. The van der Waals surface area contributed by atoms with Crippen molar-refractivity contribution in [1.29, 1.82) is 0 Å². The number of H-pyrrole nitrogens is 1. The van der Waals surface area contributed by atoms with Crippen molar-refractivity contribution in [1.82, 2.24) is 9.97 Å². The number of anilines is 4. The molecule has 5 nitrogen and oxygen atoms in total. The predicted octanol–water partition coefficient (Wildman–Crippen LogP) is 1.32. The number of pyridine rings is 1. The van der Waals surface area contributed by atoms with Crippen LogP contribution < -0.4 is 16.8 Å². The van der Waals surface area contributed by atoms with Crippen molar-refractivity contribution in [3.05, 3.63) is 30.6 Å². The molecule has 5 heteroatoms. The van der Waals surface area contributed by atoms with Crippen LogP contribution in [0.15, 0.2) is 30.6 Å². The van der Waals surface area contributed by atoms with Crippen LogP contribution in [0, 0.1) is 0 Å². The summed E-state index contributed by atoms with van der Waals surface area (Å²) in [6.07, 6.45) is 3.46. The summed E-state index contributed by atoms with van der Waals surface area (Å²) in [5.74, 6) is 1.23. The quantitative estimate of drug-likeness (QED) is 0.573. The molecule has 0 fully saturated rings. The average molecular weight is 189 g/mol. The van der Waals surface area contributed by atoms with Gasteiger partial charge in [-0.2, -0.15) is 0 Å². The van der Waals surface area contributed by atoms with Gasteiger partial charge in [0.2, 0.25) is 0 Å². The first-order chi connectivity index (χ1) is 6.75. The van der Waals surface area contributed by atoms with Gasteiger partial charge in [-0.1, -0.05) is 0 Å². The number of hydrogen-bond donors (Lipinski definition) is 4.